The van der Waals surface area contributed by atoms with Crippen molar-refractivity contribution in [1.29, 1.82) is 0 Å². The van der Waals surface area contributed by atoms with Crippen LogP contribution in [0, 0.1) is 5.82 Å². The largest absolute Gasteiger partial charge is 0.505 e. The van der Waals surface area contributed by atoms with Gasteiger partial charge in [-0.2, -0.15) is 0 Å². The summed E-state index contributed by atoms with van der Waals surface area (Å²) in [7, 11) is 1.69. The number of ether oxygens (including phenoxy) is 1. The van der Waals surface area contributed by atoms with Crippen molar-refractivity contribution in [3.05, 3.63) is 29.6 Å². The number of carbonyl (C=O) groups is 1. The Kier molecular flexibility index (Phi) is 6.19. The minimum atomic E-state index is -0.640. The quantitative estimate of drug-likeness (QED) is 0.530. The van der Waals surface area contributed by atoms with Gasteiger partial charge in [0.15, 0.2) is 17.5 Å². The van der Waals surface area contributed by atoms with Crippen molar-refractivity contribution in [3.8, 4) is 5.75 Å². The van der Waals surface area contributed by atoms with E-state index in [2.05, 4.69) is 15.6 Å². The molecule has 2 aliphatic rings. The van der Waals surface area contributed by atoms with Crippen molar-refractivity contribution >= 4 is 12.1 Å². The number of piperidine rings is 1. The zero-order valence-electron chi connectivity index (χ0n) is 17.5. The van der Waals surface area contributed by atoms with Crippen LogP contribution >= 0.6 is 0 Å². The summed E-state index contributed by atoms with van der Waals surface area (Å²) < 4.78 is 19.1. The van der Waals surface area contributed by atoms with Crippen LogP contribution in [0.15, 0.2) is 23.2 Å². The summed E-state index contributed by atoms with van der Waals surface area (Å²) in [5.74, 6) is -0.365. The first-order valence-electron chi connectivity index (χ1n) is 10.1. The Morgan fingerprint density at radius 3 is 2.52 bits per heavy atom. The molecular weight excluding hydrogens is 375 g/mol. The lowest BCUT2D eigenvalue weighted by molar-refractivity contribution is 0.00545. The number of phenols is 1. The number of rotatable bonds is 3. The van der Waals surface area contributed by atoms with Crippen molar-refractivity contribution in [2.45, 2.75) is 76.7 Å². The summed E-state index contributed by atoms with van der Waals surface area (Å²) in [6.07, 6.45) is 3.43. The van der Waals surface area contributed by atoms with Gasteiger partial charge in [0.1, 0.15) is 5.60 Å². The van der Waals surface area contributed by atoms with Gasteiger partial charge < -0.3 is 25.4 Å². The van der Waals surface area contributed by atoms with Crippen molar-refractivity contribution in [3.63, 3.8) is 0 Å². The number of nitrogens with zero attached hydrogens (tertiary/aromatic N) is 2. The number of fused-ring (bicyclic) bond motifs is 2. The van der Waals surface area contributed by atoms with E-state index in [-0.39, 0.29) is 30.0 Å². The SMILES string of the molecule is CN=C(NCc1ccc(O)c(F)c1)NC1CC2CCC(C1)N2C(=O)OC(C)(C)C. The molecule has 2 fully saturated rings. The van der Waals surface area contributed by atoms with Gasteiger partial charge in [-0.25, -0.2) is 9.18 Å². The summed E-state index contributed by atoms with van der Waals surface area (Å²) >= 11 is 0. The smallest absolute Gasteiger partial charge is 0.410 e. The standard InChI is InChI=1S/C21H31FN4O3/c1-21(2,3)29-20(28)26-15-6-7-16(26)11-14(10-15)25-19(23-4)24-12-13-5-8-18(27)17(22)9-13/h5,8-9,14-16,27H,6-7,10-12H2,1-4H3,(H2,23,24,25). The molecule has 0 aromatic heterocycles. The van der Waals surface area contributed by atoms with Gasteiger partial charge in [0, 0.05) is 31.7 Å². The summed E-state index contributed by atoms with van der Waals surface area (Å²) in [5.41, 5.74) is 0.216. The molecule has 1 aromatic rings. The maximum absolute atomic E-state index is 13.5. The molecule has 8 heteroatoms. The monoisotopic (exact) mass is 406 g/mol. The Bertz CT molecular complexity index is 764. The molecule has 2 atom stereocenters. The predicted molar refractivity (Wildman–Crippen MR) is 109 cm³/mol. The van der Waals surface area contributed by atoms with Gasteiger partial charge in [-0.1, -0.05) is 6.07 Å². The minimum absolute atomic E-state index is 0.172. The summed E-state index contributed by atoms with van der Waals surface area (Å²) in [6, 6.07) is 4.85. The molecule has 1 aromatic carbocycles. The van der Waals surface area contributed by atoms with E-state index < -0.39 is 11.4 Å². The van der Waals surface area contributed by atoms with Crippen LogP contribution in [0.3, 0.4) is 0 Å². The van der Waals surface area contributed by atoms with Gasteiger partial charge in [0.05, 0.1) is 0 Å². The van der Waals surface area contributed by atoms with Gasteiger partial charge >= 0.3 is 6.09 Å². The molecule has 3 rings (SSSR count). The topological polar surface area (TPSA) is 86.2 Å². The average molecular weight is 407 g/mol. The zero-order valence-corrected chi connectivity index (χ0v) is 17.5. The third kappa shape index (κ3) is 5.31. The minimum Gasteiger partial charge on any atom is -0.505 e. The second-order valence-corrected chi connectivity index (χ2v) is 8.80. The number of hydrogen-bond acceptors (Lipinski definition) is 4. The summed E-state index contributed by atoms with van der Waals surface area (Å²) in [5, 5.41) is 15.9. The fraction of sp³-hybridized carbons (Fsp3) is 0.619. The van der Waals surface area contributed by atoms with Crippen molar-refractivity contribution in [2.75, 3.05) is 7.05 Å². The number of aliphatic imine (C=N–C) groups is 1. The van der Waals surface area contributed by atoms with Gasteiger partial charge in [0.2, 0.25) is 0 Å². The molecule has 2 saturated heterocycles. The van der Waals surface area contributed by atoms with Crippen LogP contribution in [-0.2, 0) is 11.3 Å². The molecule has 0 saturated carbocycles. The Balaban J connectivity index is 1.54. The van der Waals surface area contributed by atoms with Crippen LogP contribution < -0.4 is 10.6 Å². The van der Waals surface area contributed by atoms with Crippen LogP contribution in [-0.4, -0.2) is 52.8 Å². The number of phenolic OH excluding ortho intramolecular Hbond substituents is 1. The Morgan fingerprint density at radius 1 is 1.31 bits per heavy atom. The molecule has 0 spiro atoms. The predicted octanol–water partition coefficient (Wildman–Crippen LogP) is 3.13. The highest BCUT2D eigenvalue weighted by Crippen LogP contribution is 2.36. The first kappa shape index (κ1) is 21.2. The molecule has 160 valence electrons. The molecule has 2 unspecified atom stereocenters. The van der Waals surface area contributed by atoms with Crippen LogP contribution in [0.5, 0.6) is 5.75 Å². The molecule has 29 heavy (non-hydrogen) atoms. The fourth-order valence-corrected chi connectivity index (χ4v) is 4.14. The number of amides is 1. The van der Waals surface area contributed by atoms with E-state index in [1.165, 1.54) is 12.1 Å². The number of halogens is 1. The molecule has 0 radical (unpaired) electrons. The van der Waals surface area contributed by atoms with Crippen LogP contribution in [0.1, 0.15) is 52.0 Å². The van der Waals surface area contributed by atoms with Crippen LogP contribution in [0.4, 0.5) is 9.18 Å². The maximum atomic E-state index is 13.5. The second-order valence-electron chi connectivity index (χ2n) is 8.80. The summed E-state index contributed by atoms with van der Waals surface area (Å²) in [6.45, 7) is 6.05. The van der Waals surface area contributed by atoms with E-state index in [1.54, 1.807) is 13.1 Å². The van der Waals surface area contributed by atoms with Crippen molar-refractivity contribution < 1.29 is 19.0 Å². The highest BCUT2D eigenvalue weighted by molar-refractivity contribution is 5.80. The average Bonchev–Trinajstić information content (AvgIpc) is 2.91. The lowest BCUT2D eigenvalue weighted by atomic mass is 9.98. The molecule has 0 aliphatic carbocycles. The number of nitrogens with one attached hydrogen (secondary N) is 2. The Morgan fingerprint density at radius 2 is 1.97 bits per heavy atom. The number of aromatic hydroxyl groups is 1. The molecule has 2 aliphatic heterocycles. The number of hydrogen-bond donors (Lipinski definition) is 3. The Hall–Kier alpha value is -2.51. The normalized spacial score (nSPS) is 24.4. The maximum Gasteiger partial charge on any atom is 0.410 e. The van der Waals surface area contributed by atoms with Gasteiger partial charge in [0.25, 0.3) is 0 Å². The fourth-order valence-electron chi connectivity index (χ4n) is 4.14. The van der Waals surface area contributed by atoms with Crippen molar-refractivity contribution in [1.82, 2.24) is 15.5 Å². The van der Waals surface area contributed by atoms with E-state index in [0.29, 0.717) is 18.1 Å². The number of guanidine groups is 1. The van der Waals surface area contributed by atoms with Gasteiger partial charge in [-0.3, -0.25) is 4.99 Å². The van der Waals surface area contributed by atoms with Crippen LogP contribution in [0.2, 0.25) is 0 Å². The number of carbonyl (C=O) groups excluding carboxylic acids is 1. The van der Waals surface area contributed by atoms with E-state index in [9.17, 15) is 14.3 Å². The lowest BCUT2D eigenvalue weighted by Crippen LogP contribution is -2.54. The Labute approximate surface area is 171 Å². The third-order valence-electron chi connectivity index (χ3n) is 5.37. The molecule has 3 N–H and O–H groups in total. The number of benzene rings is 1. The first-order valence-corrected chi connectivity index (χ1v) is 10.1. The van der Waals surface area contributed by atoms with E-state index in [4.69, 9.17) is 4.74 Å². The molecule has 1 amide bonds. The van der Waals surface area contributed by atoms with Gasteiger partial charge in [-0.05, 0) is 64.2 Å². The molecular formula is C21H31FN4O3. The van der Waals surface area contributed by atoms with E-state index in [1.807, 2.05) is 25.7 Å². The van der Waals surface area contributed by atoms with E-state index >= 15 is 0 Å². The first-order chi connectivity index (χ1) is 13.7. The highest BCUT2D eigenvalue weighted by Gasteiger charge is 2.45. The highest BCUT2D eigenvalue weighted by atomic mass is 19.1. The molecule has 7 nitrogen and oxygen atoms in total. The summed E-state index contributed by atoms with van der Waals surface area (Å²) in [4.78, 5) is 18.7. The van der Waals surface area contributed by atoms with Crippen LogP contribution in [0.25, 0.3) is 0 Å². The molecule has 2 bridgehead atoms. The van der Waals surface area contributed by atoms with Crippen molar-refractivity contribution in [2.24, 2.45) is 4.99 Å². The van der Waals surface area contributed by atoms with Gasteiger partial charge in [-0.15, -0.1) is 0 Å². The molecule has 2 heterocycles. The van der Waals surface area contributed by atoms with E-state index in [0.717, 1.165) is 25.7 Å². The third-order valence-corrected chi connectivity index (χ3v) is 5.37. The zero-order chi connectivity index (χ0) is 21.2. The lowest BCUT2D eigenvalue weighted by Gasteiger charge is -2.40. The second kappa shape index (κ2) is 8.47.